The number of methoxy groups -OCH3 is 2. The van der Waals surface area contributed by atoms with E-state index in [0.717, 1.165) is 62.9 Å². The molecule has 3 fully saturated rings. The van der Waals surface area contributed by atoms with Crippen molar-refractivity contribution in [1.82, 2.24) is 40.4 Å². The van der Waals surface area contributed by atoms with Gasteiger partial charge >= 0.3 is 12.2 Å². The number of likely N-dealkylation sites (tertiary alicyclic amines) is 1. The number of aromatic amines is 2. The normalized spacial score (nSPS) is 19.7. The zero-order chi connectivity index (χ0) is 41.9. The summed E-state index contributed by atoms with van der Waals surface area (Å²) in [5.74, 6) is 0.814. The number of carbonyl (C=O) groups is 4. The number of imidazole rings is 2. The maximum absolute atomic E-state index is 14.0. The van der Waals surface area contributed by atoms with Crippen LogP contribution in [0, 0.1) is 11.8 Å². The Kier molecular flexibility index (Phi) is 12.0. The van der Waals surface area contributed by atoms with Crippen molar-refractivity contribution in [3.8, 4) is 22.4 Å². The summed E-state index contributed by atoms with van der Waals surface area (Å²) in [7, 11) is 2.58. The highest BCUT2D eigenvalue weighted by Gasteiger charge is 2.40. The first-order valence-corrected chi connectivity index (χ1v) is 20.7. The summed E-state index contributed by atoms with van der Waals surface area (Å²) in [4.78, 5) is 72.2. The summed E-state index contributed by atoms with van der Waals surface area (Å²) in [5.41, 5.74) is 5.48. The molecular formula is C44H52N8O8. The van der Waals surface area contributed by atoms with Gasteiger partial charge in [-0.25, -0.2) is 19.6 Å². The molecule has 3 aliphatic heterocycles. The molecule has 316 valence electrons. The monoisotopic (exact) mass is 820 g/mol. The van der Waals surface area contributed by atoms with Crippen LogP contribution in [0.3, 0.4) is 0 Å². The molecule has 0 spiro atoms. The maximum atomic E-state index is 14.0. The van der Waals surface area contributed by atoms with Crippen LogP contribution in [-0.2, 0) is 28.5 Å². The largest absolute Gasteiger partial charge is 0.453 e. The van der Waals surface area contributed by atoms with Crippen LogP contribution in [0.4, 0.5) is 9.59 Å². The molecule has 3 saturated heterocycles. The second kappa shape index (κ2) is 17.7. The summed E-state index contributed by atoms with van der Waals surface area (Å²) < 4.78 is 21.0. The average molecular weight is 821 g/mol. The highest BCUT2D eigenvalue weighted by molar-refractivity contribution is 5.92. The zero-order valence-corrected chi connectivity index (χ0v) is 34.4. The fourth-order valence-corrected chi connectivity index (χ4v) is 8.69. The molecule has 4 amide bonds. The van der Waals surface area contributed by atoms with Gasteiger partial charge in [-0.2, -0.15) is 0 Å². The van der Waals surface area contributed by atoms with Gasteiger partial charge in [-0.05, 0) is 83.7 Å². The van der Waals surface area contributed by atoms with Crippen molar-refractivity contribution in [3.63, 3.8) is 0 Å². The maximum Gasteiger partial charge on any atom is 0.407 e. The highest BCUT2D eigenvalue weighted by Crippen LogP contribution is 2.35. The van der Waals surface area contributed by atoms with Crippen LogP contribution in [0.2, 0.25) is 0 Å². The van der Waals surface area contributed by atoms with E-state index in [2.05, 4.69) is 63.1 Å². The number of hydrogen-bond donors (Lipinski definition) is 4. The molecule has 2 aromatic heterocycles. The number of amides is 4. The van der Waals surface area contributed by atoms with E-state index in [-0.39, 0.29) is 36.3 Å². The first-order valence-electron chi connectivity index (χ1n) is 20.7. The summed E-state index contributed by atoms with van der Waals surface area (Å²) >= 11 is 0. The second-order valence-electron chi connectivity index (χ2n) is 16.0. The predicted octanol–water partition coefficient (Wildman–Crippen LogP) is 5.87. The van der Waals surface area contributed by atoms with Gasteiger partial charge in [0.15, 0.2) is 0 Å². The minimum absolute atomic E-state index is 0.0345. The molecule has 3 aliphatic rings. The van der Waals surface area contributed by atoms with Crippen LogP contribution in [0.15, 0.2) is 60.8 Å². The minimum Gasteiger partial charge on any atom is -0.453 e. The molecule has 0 radical (unpaired) electrons. The number of morpholine rings is 1. The van der Waals surface area contributed by atoms with Crippen LogP contribution >= 0.6 is 0 Å². The Balaban J connectivity index is 0.983. The number of nitrogens with zero attached hydrogens (tertiary/aromatic N) is 4. The fourth-order valence-electron chi connectivity index (χ4n) is 8.69. The van der Waals surface area contributed by atoms with Crippen LogP contribution in [0.1, 0.15) is 63.3 Å². The zero-order valence-electron chi connectivity index (χ0n) is 34.4. The van der Waals surface area contributed by atoms with Crippen LogP contribution in [-0.4, -0.2) is 120 Å². The van der Waals surface area contributed by atoms with Gasteiger partial charge in [-0.1, -0.05) is 44.2 Å². The SMILES string of the molecule is COC(=O)NC(C(=O)N1CCOCC1c1nc2ccc(-c3ccc4cc(-c5cnc(C6CCCN6C(=O)C(NC(=O)OC)C6CCOCC6)[nH]5)ccc4c3)cc2[nH]1)C(C)C. The van der Waals surface area contributed by atoms with Crippen molar-refractivity contribution >= 4 is 45.8 Å². The lowest BCUT2D eigenvalue weighted by molar-refractivity contribution is -0.143. The molecule has 8 rings (SSSR count). The number of benzene rings is 3. The molecule has 5 heterocycles. The van der Waals surface area contributed by atoms with E-state index in [1.54, 1.807) is 4.90 Å². The van der Waals surface area contributed by atoms with Gasteiger partial charge in [0.05, 0.1) is 56.4 Å². The molecular weight excluding hydrogens is 769 g/mol. The predicted molar refractivity (Wildman–Crippen MR) is 223 cm³/mol. The molecule has 60 heavy (non-hydrogen) atoms. The lowest BCUT2D eigenvalue weighted by atomic mass is 9.90. The van der Waals surface area contributed by atoms with Gasteiger partial charge in [0.2, 0.25) is 11.8 Å². The quantitative estimate of drug-likeness (QED) is 0.133. The van der Waals surface area contributed by atoms with Gasteiger partial charge in [-0.3, -0.25) is 9.59 Å². The Morgan fingerprint density at radius 2 is 1.43 bits per heavy atom. The summed E-state index contributed by atoms with van der Waals surface area (Å²) in [6.45, 7) is 6.49. The number of H-pyrrole nitrogens is 2. The van der Waals surface area contributed by atoms with E-state index in [1.807, 2.05) is 37.1 Å². The van der Waals surface area contributed by atoms with Crippen molar-refractivity contribution in [1.29, 1.82) is 0 Å². The number of rotatable bonds is 10. The Morgan fingerprint density at radius 3 is 2.18 bits per heavy atom. The number of hydrogen-bond acceptors (Lipinski definition) is 10. The third-order valence-corrected chi connectivity index (χ3v) is 12.0. The molecule has 0 bridgehead atoms. The molecule has 4 unspecified atom stereocenters. The molecule has 16 nitrogen and oxygen atoms in total. The third kappa shape index (κ3) is 8.39. The smallest absolute Gasteiger partial charge is 0.407 e. The fraction of sp³-hybridized carbons (Fsp3) is 0.455. The van der Waals surface area contributed by atoms with Crippen LogP contribution in [0.5, 0.6) is 0 Å². The van der Waals surface area contributed by atoms with E-state index in [9.17, 15) is 19.2 Å². The van der Waals surface area contributed by atoms with Crippen molar-refractivity contribution in [2.75, 3.05) is 53.7 Å². The summed E-state index contributed by atoms with van der Waals surface area (Å²) in [6, 6.07) is 16.6. The molecule has 4 atom stereocenters. The number of fused-ring (bicyclic) bond motifs is 2. The van der Waals surface area contributed by atoms with E-state index in [0.29, 0.717) is 51.6 Å². The molecule has 4 N–H and O–H groups in total. The van der Waals surface area contributed by atoms with Crippen molar-refractivity contribution in [2.45, 2.75) is 63.7 Å². The molecule has 5 aromatic rings. The van der Waals surface area contributed by atoms with Gasteiger partial charge in [0.25, 0.3) is 0 Å². The Labute approximate surface area is 347 Å². The molecule has 16 heteroatoms. The summed E-state index contributed by atoms with van der Waals surface area (Å²) in [6.07, 6.45) is 3.53. The third-order valence-electron chi connectivity index (χ3n) is 12.0. The van der Waals surface area contributed by atoms with E-state index >= 15 is 0 Å². The lowest BCUT2D eigenvalue weighted by Crippen LogP contribution is -2.54. The molecule has 0 aliphatic carbocycles. The van der Waals surface area contributed by atoms with Crippen LogP contribution < -0.4 is 10.6 Å². The van der Waals surface area contributed by atoms with E-state index < -0.39 is 30.3 Å². The van der Waals surface area contributed by atoms with E-state index in [4.69, 9.17) is 28.9 Å². The standard InChI is InChI=1S/C44H52N8O8/c1-25(2)37(49-43(55)57-3)41(53)52-16-19-60-24-36(52)40-46-32-12-11-30(22-33(32)47-40)28-7-8-29-21-31(10-9-27(29)20-28)34-23-45-39(48-34)35-6-5-15-51(35)42(54)38(50-44(56)58-4)26-13-17-59-18-14-26/h7-12,20-23,25-26,35-38H,5-6,13-19,24H2,1-4H3,(H,45,48)(H,46,47)(H,49,55)(H,50,56). The van der Waals surface area contributed by atoms with Gasteiger partial charge in [0.1, 0.15) is 29.8 Å². The van der Waals surface area contributed by atoms with Crippen molar-refractivity contribution < 1.29 is 38.1 Å². The molecule has 0 saturated carbocycles. The summed E-state index contributed by atoms with van der Waals surface area (Å²) in [5, 5.41) is 7.63. The number of ether oxygens (including phenoxy) is 4. The Bertz CT molecular complexity index is 2370. The van der Waals surface area contributed by atoms with Gasteiger partial charge in [0, 0.05) is 31.9 Å². The minimum atomic E-state index is -0.755. The van der Waals surface area contributed by atoms with Crippen molar-refractivity contribution in [2.24, 2.45) is 11.8 Å². The van der Waals surface area contributed by atoms with Gasteiger partial charge < -0.3 is 49.3 Å². The first kappa shape index (κ1) is 40.8. The molecule has 3 aromatic carbocycles. The number of nitrogens with one attached hydrogen (secondary N) is 4. The van der Waals surface area contributed by atoms with Crippen LogP contribution in [0.25, 0.3) is 44.2 Å². The highest BCUT2D eigenvalue weighted by atomic mass is 16.5. The average Bonchev–Trinajstić information content (AvgIpc) is 4.07. The Morgan fingerprint density at radius 1 is 0.750 bits per heavy atom. The topological polar surface area (TPSA) is 193 Å². The first-order chi connectivity index (χ1) is 29.1. The number of alkyl carbamates (subject to hydrolysis) is 2. The number of aromatic nitrogens is 4. The van der Waals surface area contributed by atoms with E-state index in [1.165, 1.54) is 14.2 Å². The van der Waals surface area contributed by atoms with Gasteiger partial charge in [-0.15, -0.1) is 0 Å². The lowest BCUT2D eigenvalue weighted by Gasteiger charge is -2.37. The number of carbonyl (C=O) groups excluding carboxylic acids is 4. The second-order valence-corrected chi connectivity index (χ2v) is 16.0. The Hall–Kier alpha value is -6.00. The van der Waals surface area contributed by atoms with Crippen molar-refractivity contribution in [3.05, 3.63) is 72.4 Å².